The van der Waals surface area contributed by atoms with Crippen LogP contribution in [0.4, 0.5) is 11.4 Å². The first-order chi connectivity index (χ1) is 12.4. The van der Waals surface area contributed by atoms with Gasteiger partial charge in [0, 0.05) is 5.39 Å². The van der Waals surface area contributed by atoms with Gasteiger partial charge < -0.3 is 5.11 Å². The molecule has 6 nitrogen and oxygen atoms in total. The Morgan fingerprint density at radius 1 is 0.962 bits per heavy atom. The van der Waals surface area contributed by atoms with E-state index < -0.39 is 10.1 Å². The van der Waals surface area contributed by atoms with E-state index in [4.69, 9.17) is 4.55 Å². The minimum absolute atomic E-state index is 0.0662. The van der Waals surface area contributed by atoms with Crippen molar-refractivity contribution in [1.82, 2.24) is 0 Å². The van der Waals surface area contributed by atoms with Gasteiger partial charge in [0.15, 0.2) is 0 Å². The Hall–Kier alpha value is -2.77. The van der Waals surface area contributed by atoms with Crippen LogP contribution in [0.15, 0.2) is 69.7 Å². The molecule has 0 amide bonds. The van der Waals surface area contributed by atoms with E-state index >= 15 is 0 Å². The van der Waals surface area contributed by atoms with E-state index in [0.717, 1.165) is 12.8 Å². The molecule has 0 aliphatic heterocycles. The Bertz CT molecular complexity index is 1070. The van der Waals surface area contributed by atoms with Crippen molar-refractivity contribution in [3.63, 3.8) is 0 Å². The molecule has 3 aromatic rings. The first-order valence-corrected chi connectivity index (χ1v) is 9.56. The van der Waals surface area contributed by atoms with Gasteiger partial charge in [-0.15, -0.1) is 5.11 Å². The Labute approximate surface area is 151 Å². The average molecular weight is 370 g/mol. The van der Waals surface area contributed by atoms with Crippen molar-refractivity contribution in [2.45, 2.75) is 24.7 Å². The van der Waals surface area contributed by atoms with Gasteiger partial charge in [0.1, 0.15) is 11.4 Å². The third-order valence-electron chi connectivity index (χ3n) is 3.98. The highest BCUT2D eigenvalue weighted by Gasteiger charge is 2.13. The van der Waals surface area contributed by atoms with Gasteiger partial charge in [-0.25, -0.2) is 0 Å². The zero-order valence-electron chi connectivity index (χ0n) is 14.1. The quantitative estimate of drug-likeness (QED) is 0.478. The Morgan fingerprint density at radius 2 is 1.69 bits per heavy atom. The summed E-state index contributed by atoms with van der Waals surface area (Å²) in [6.07, 6.45) is 2.06. The lowest BCUT2D eigenvalue weighted by Gasteiger charge is -2.06. The molecule has 0 bridgehead atoms. The summed E-state index contributed by atoms with van der Waals surface area (Å²) in [5.74, 6) is -0.0662. The van der Waals surface area contributed by atoms with Crippen LogP contribution in [0, 0.1) is 0 Å². The topological polar surface area (TPSA) is 99.3 Å². The van der Waals surface area contributed by atoms with Crippen molar-refractivity contribution in [3.05, 3.63) is 60.2 Å². The Balaban J connectivity index is 1.99. The van der Waals surface area contributed by atoms with Gasteiger partial charge >= 0.3 is 0 Å². The lowest BCUT2D eigenvalue weighted by Crippen LogP contribution is -1.97. The molecule has 2 N–H and O–H groups in total. The van der Waals surface area contributed by atoms with E-state index in [9.17, 15) is 13.5 Å². The summed E-state index contributed by atoms with van der Waals surface area (Å²) < 4.78 is 31.7. The molecule has 134 valence electrons. The van der Waals surface area contributed by atoms with Crippen molar-refractivity contribution >= 4 is 32.3 Å². The van der Waals surface area contributed by atoms with Crippen molar-refractivity contribution in [1.29, 1.82) is 0 Å². The van der Waals surface area contributed by atoms with Crippen LogP contribution in [-0.4, -0.2) is 18.1 Å². The second-order valence-electron chi connectivity index (χ2n) is 5.91. The molecule has 0 aliphatic rings. The summed E-state index contributed by atoms with van der Waals surface area (Å²) in [6.45, 7) is 2.12. The van der Waals surface area contributed by atoms with Crippen molar-refractivity contribution in [3.8, 4) is 5.75 Å². The van der Waals surface area contributed by atoms with Crippen LogP contribution in [0.2, 0.25) is 0 Å². The second kappa shape index (κ2) is 7.23. The van der Waals surface area contributed by atoms with E-state index in [1.807, 2.05) is 24.3 Å². The van der Waals surface area contributed by atoms with Crippen molar-refractivity contribution < 1.29 is 18.1 Å². The maximum absolute atomic E-state index is 11.3. The zero-order valence-corrected chi connectivity index (χ0v) is 14.9. The molecular weight excluding hydrogens is 352 g/mol. The van der Waals surface area contributed by atoms with E-state index in [1.165, 1.54) is 29.8 Å². The first-order valence-electron chi connectivity index (χ1n) is 8.12. The molecule has 0 radical (unpaired) electrons. The molecule has 0 aliphatic carbocycles. The number of aryl methyl sites for hydroxylation is 1. The number of phenols is 1. The maximum Gasteiger partial charge on any atom is 0.294 e. The second-order valence-corrected chi connectivity index (χ2v) is 7.33. The lowest BCUT2D eigenvalue weighted by molar-refractivity contribution is 0.477. The number of rotatable bonds is 5. The number of hydrogen-bond donors (Lipinski definition) is 2. The summed E-state index contributed by atoms with van der Waals surface area (Å²) in [5.41, 5.74) is 2.11. The molecule has 0 heterocycles. The van der Waals surface area contributed by atoms with E-state index in [2.05, 4.69) is 17.2 Å². The fourth-order valence-electron chi connectivity index (χ4n) is 2.67. The van der Waals surface area contributed by atoms with Crippen LogP contribution in [0.1, 0.15) is 18.9 Å². The molecule has 0 saturated heterocycles. The summed E-state index contributed by atoms with van der Waals surface area (Å²) in [5, 5.41) is 19.5. The third kappa shape index (κ3) is 3.89. The number of fused-ring (bicyclic) bond motifs is 1. The highest BCUT2D eigenvalue weighted by molar-refractivity contribution is 7.85. The molecule has 0 spiro atoms. The van der Waals surface area contributed by atoms with Gasteiger partial charge in [0.2, 0.25) is 0 Å². The van der Waals surface area contributed by atoms with Gasteiger partial charge in [-0.05, 0) is 47.7 Å². The summed E-state index contributed by atoms with van der Waals surface area (Å²) in [7, 11) is -4.30. The van der Waals surface area contributed by atoms with Gasteiger partial charge in [0.25, 0.3) is 10.1 Å². The Kier molecular flexibility index (Phi) is 5.01. The zero-order chi connectivity index (χ0) is 18.7. The monoisotopic (exact) mass is 370 g/mol. The summed E-state index contributed by atoms with van der Waals surface area (Å²) >= 11 is 0. The molecule has 26 heavy (non-hydrogen) atoms. The van der Waals surface area contributed by atoms with Crippen molar-refractivity contribution in [2.24, 2.45) is 10.2 Å². The number of benzene rings is 3. The van der Waals surface area contributed by atoms with Crippen LogP contribution < -0.4 is 0 Å². The van der Waals surface area contributed by atoms with Crippen LogP contribution >= 0.6 is 0 Å². The molecule has 0 aromatic heterocycles. The fourth-order valence-corrected chi connectivity index (χ4v) is 3.19. The summed E-state index contributed by atoms with van der Waals surface area (Å²) in [4.78, 5) is -0.218. The maximum atomic E-state index is 11.3. The van der Waals surface area contributed by atoms with E-state index in [1.54, 1.807) is 6.07 Å². The largest absolute Gasteiger partial charge is 0.506 e. The van der Waals surface area contributed by atoms with Crippen LogP contribution in [0.25, 0.3) is 10.8 Å². The van der Waals surface area contributed by atoms with Gasteiger partial charge in [-0.2, -0.15) is 13.5 Å². The van der Waals surface area contributed by atoms with E-state index in [-0.39, 0.29) is 16.3 Å². The highest BCUT2D eigenvalue weighted by Crippen LogP contribution is 2.37. The standard InChI is InChI=1S/C19H18N2O4S/c1-2-3-13-4-7-15(8-5-13)20-21-19-17-10-9-16(26(23,24)25)12-14(17)6-11-18(19)22/h4-12,22H,2-3H2,1H3,(H,23,24,25). The molecule has 3 rings (SSSR count). The van der Waals surface area contributed by atoms with Crippen LogP contribution in [0.3, 0.4) is 0 Å². The number of azo groups is 1. The Morgan fingerprint density at radius 3 is 2.35 bits per heavy atom. The first kappa shape index (κ1) is 18.0. The normalized spacial score (nSPS) is 12.1. The number of phenolic OH excluding ortho intramolecular Hbond substituents is 1. The summed E-state index contributed by atoms with van der Waals surface area (Å²) in [6, 6.07) is 14.7. The number of hydrogen-bond acceptors (Lipinski definition) is 5. The molecule has 0 unspecified atom stereocenters. The fraction of sp³-hybridized carbons (Fsp3) is 0.158. The third-order valence-corrected chi connectivity index (χ3v) is 4.83. The van der Waals surface area contributed by atoms with Crippen LogP contribution in [-0.2, 0) is 16.5 Å². The molecule has 0 saturated carbocycles. The smallest absolute Gasteiger partial charge is 0.294 e. The molecular formula is C19H18N2O4S. The molecule has 7 heteroatoms. The molecule has 3 aromatic carbocycles. The van der Waals surface area contributed by atoms with Crippen LogP contribution in [0.5, 0.6) is 5.75 Å². The van der Waals surface area contributed by atoms with Gasteiger partial charge in [-0.3, -0.25) is 4.55 Å². The molecule has 0 atom stereocenters. The predicted molar refractivity (Wildman–Crippen MR) is 100 cm³/mol. The van der Waals surface area contributed by atoms with Gasteiger partial charge in [0.05, 0.1) is 10.6 Å². The minimum Gasteiger partial charge on any atom is -0.506 e. The minimum atomic E-state index is -4.30. The number of nitrogens with zero attached hydrogens (tertiary/aromatic N) is 2. The van der Waals surface area contributed by atoms with Crippen molar-refractivity contribution in [2.75, 3.05) is 0 Å². The average Bonchev–Trinajstić information content (AvgIpc) is 2.61. The highest BCUT2D eigenvalue weighted by atomic mass is 32.2. The SMILES string of the molecule is CCCc1ccc(N=Nc2c(O)ccc3cc(S(=O)(=O)O)ccc23)cc1. The molecule has 0 fully saturated rings. The predicted octanol–water partition coefficient (Wildman–Crippen LogP) is 5.16. The number of aromatic hydroxyl groups is 1. The lowest BCUT2D eigenvalue weighted by atomic mass is 10.1. The van der Waals surface area contributed by atoms with E-state index in [0.29, 0.717) is 16.5 Å². The van der Waals surface area contributed by atoms with Gasteiger partial charge in [-0.1, -0.05) is 37.6 Å².